The highest BCUT2D eigenvalue weighted by molar-refractivity contribution is 5.85. The maximum Gasteiger partial charge on any atom is 0.106 e. The molecule has 0 radical (unpaired) electrons. The fourth-order valence-electron chi connectivity index (χ4n) is 5.20. The van der Waals surface area contributed by atoms with Crippen molar-refractivity contribution in [1.82, 2.24) is 19.1 Å². The standard InChI is InChI=1S/C32H32N6O2/c1-31(2,39)24-15-29-28(36-20-37(29)21-10-6-4-7-11-21)17-26(24)34-18-32(3,40)23-14-27-30(16-25(23)33)38(19-35-27)22-12-8-5-9-13-22/h4-17,19-20,34,39-40H,18,33H2,1-3H3. The molecular weight excluding hydrogens is 500 g/mol. The number of fused-ring (bicyclic) bond motifs is 2. The molecule has 0 bridgehead atoms. The summed E-state index contributed by atoms with van der Waals surface area (Å²) in [5.74, 6) is 0. The summed E-state index contributed by atoms with van der Waals surface area (Å²) in [6.45, 7) is 5.36. The van der Waals surface area contributed by atoms with Crippen molar-refractivity contribution in [2.24, 2.45) is 0 Å². The molecule has 0 fully saturated rings. The van der Waals surface area contributed by atoms with Crippen LogP contribution < -0.4 is 11.1 Å². The molecule has 2 heterocycles. The number of benzene rings is 4. The highest BCUT2D eigenvalue weighted by atomic mass is 16.3. The maximum atomic E-state index is 11.6. The van der Waals surface area contributed by atoms with Gasteiger partial charge in [-0.05, 0) is 69.3 Å². The van der Waals surface area contributed by atoms with Gasteiger partial charge in [-0.15, -0.1) is 0 Å². The minimum atomic E-state index is -1.33. The molecule has 8 nitrogen and oxygen atoms in total. The first kappa shape index (κ1) is 25.6. The van der Waals surface area contributed by atoms with Gasteiger partial charge in [0, 0.05) is 40.4 Å². The monoisotopic (exact) mass is 532 g/mol. The average molecular weight is 533 g/mol. The normalized spacial score (nSPS) is 13.5. The number of aliphatic hydroxyl groups is 2. The summed E-state index contributed by atoms with van der Waals surface area (Å²) in [6.07, 6.45) is 3.54. The minimum Gasteiger partial charge on any atom is -0.398 e. The molecule has 0 aliphatic rings. The SMILES string of the molecule is CC(C)(O)c1cc2c(cc1NCC(C)(O)c1cc3ncn(-c4ccccc4)c3cc1N)ncn2-c1ccccc1. The van der Waals surface area contributed by atoms with Crippen molar-refractivity contribution in [3.05, 3.63) is 109 Å². The Morgan fingerprint density at radius 3 is 1.80 bits per heavy atom. The second-order valence-corrected chi connectivity index (χ2v) is 10.9. The predicted octanol–water partition coefficient (Wildman–Crippen LogP) is 5.49. The number of aromatic nitrogens is 4. The Labute approximate surface area is 232 Å². The van der Waals surface area contributed by atoms with Crippen LogP contribution in [0.3, 0.4) is 0 Å². The highest BCUT2D eigenvalue weighted by Gasteiger charge is 2.29. The first-order chi connectivity index (χ1) is 19.1. The largest absolute Gasteiger partial charge is 0.398 e. The fraction of sp³-hybridized carbons (Fsp3) is 0.188. The van der Waals surface area contributed by atoms with Gasteiger partial charge in [0.15, 0.2) is 0 Å². The second-order valence-electron chi connectivity index (χ2n) is 10.9. The summed E-state index contributed by atoms with van der Waals surface area (Å²) in [6, 6.07) is 27.4. The number of nitrogens with zero attached hydrogens (tertiary/aromatic N) is 4. The van der Waals surface area contributed by atoms with Gasteiger partial charge < -0.3 is 21.3 Å². The fourth-order valence-corrected chi connectivity index (χ4v) is 5.20. The number of hydrogen-bond acceptors (Lipinski definition) is 6. The molecule has 0 aliphatic carbocycles. The third-order valence-corrected chi connectivity index (χ3v) is 7.34. The molecule has 1 atom stereocenters. The lowest BCUT2D eigenvalue weighted by atomic mass is 9.92. The zero-order valence-corrected chi connectivity index (χ0v) is 22.7. The van der Waals surface area contributed by atoms with E-state index in [0.717, 1.165) is 33.4 Å². The maximum absolute atomic E-state index is 11.6. The Hall–Kier alpha value is -4.66. The van der Waals surface area contributed by atoms with E-state index in [-0.39, 0.29) is 6.54 Å². The van der Waals surface area contributed by atoms with Gasteiger partial charge >= 0.3 is 0 Å². The summed E-state index contributed by atoms with van der Waals surface area (Å²) >= 11 is 0. The van der Waals surface area contributed by atoms with Crippen LogP contribution in [0.25, 0.3) is 33.4 Å². The average Bonchev–Trinajstić information content (AvgIpc) is 3.55. The lowest BCUT2D eigenvalue weighted by Crippen LogP contribution is -2.32. The Balaban J connectivity index is 1.33. The van der Waals surface area contributed by atoms with E-state index in [9.17, 15) is 10.2 Å². The van der Waals surface area contributed by atoms with Crippen LogP contribution in [0.15, 0.2) is 97.6 Å². The number of hydrogen-bond donors (Lipinski definition) is 4. The van der Waals surface area contributed by atoms with E-state index in [4.69, 9.17) is 5.73 Å². The van der Waals surface area contributed by atoms with Gasteiger partial charge in [0.25, 0.3) is 0 Å². The number of anilines is 2. The molecule has 0 saturated heterocycles. The van der Waals surface area contributed by atoms with Crippen LogP contribution in [0.1, 0.15) is 31.9 Å². The number of nitrogens with two attached hydrogens (primary N) is 1. The minimum absolute atomic E-state index is 0.149. The summed E-state index contributed by atoms with van der Waals surface area (Å²) in [7, 11) is 0. The first-order valence-corrected chi connectivity index (χ1v) is 13.2. The Morgan fingerprint density at radius 1 is 0.725 bits per heavy atom. The van der Waals surface area contributed by atoms with Crippen molar-refractivity contribution < 1.29 is 10.2 Å². The van der Waals surface area contributed by atoms with Crippen LogP contribution in [0.5, 0.6) is 0 Å². The van der Waals surface area contributed by atoms with Crippen LogP contribution in [0, 0.1) is 0 Å². The van der Waals surface area contributed by atoms with E-state index in [2.05, 4.69) is 15.3 Å². The molecule has 5 N–H and O–H groups in total. The summed E-state index contributed by atoms with van der Waals surface area (Å²) < 4.78 is 3.97. The van der Waals surface area contributed by atoms with Gasteiger partial charge in [-0.3, -0.25) is 9.13 Å². The lowest BCUT2D eigenvalue weighted by molar-refractivity contribution is 0.0706. The predicted molar refractivity (Wildman–Crippen MR) is 160 cm³/mol. The van der Waals surface area contributed by atoms with E-state index >= 15 is 0 Å². The summed E-state index contributed by atoms with van der Waals surface area (Å²) in [5, 5.41) is 26.0. The number of rotatable bonds is 7. The smallest absolute Gasteiger partial charge is 0.106 e. The van der Waals surface area contributed by atoms with Gasteiger partial charge in [0.2, 0.25) is 0 Å². The van der Waals surface area contributed by atoms with Gasteiger partial charge in [-0.1, -0.05) is 36.4 Å². The van der Waals surface area contributed by atoms with Crippen LogP contribution >= 0.6 is 0 Å². The number of imidazole rings is 2. The molecule has 0 spiro atoms. The van der Waals surface area contributed by atoms with Crippen molar-refractivity contribution in [3.63, 3.8) is 0 Å². The molecular formula is C32H32N6O2. The Kier molecular flexibility index (Phi) is 6.09. The molecule has 6 rings (SSSR count). The molecule has 8 heteroatoms. The number of para-hydroxylation sites is 2. The molecule has 202 valence electrons. The van der Waals surface area contributed by atoms with Crippen molar-refractivity contribution in [3.8, 4) is 11.4 Å². The van der Waals surface area contributed by atoms with Gasteiger partial charge in [0.05, 0.1) is 27.7 Å². The van der Waals surface area contributed by atoms with Gasteiger partial charge in [-0.2, -0.15) is 0 Å². The molecule has 4 aromatic carbocycles. The molecule has 0 amide bonds. The topological polar surface area (TPSA) is 114 Å². The van der Waals surface area contributed by atoms with Crippen molar-refractivity contribution in [1.29, 1.82) is 0 Å². The molecule has 1 unspecified atom stereocenters. The van der Waals surface area contributed by atoms with Crippen LogP contribution in [-0.2, 0) is 11.2 Å². The molecule has 0 saturated carbocycles. The number of nitrogen functional groups attached to an aromatic ring is 1. The molecule has 0 aliphatic heterocycles. The van der Waals surface area contributed by atoms with E-state index in [1.165, 1.54) is 0 Å². The van der Waals surface area contributed by atoms with Crippen LogP contribution in [-0.4, -0.2) is 35.9 Å². The number of nitrogens with one attached hydrogen (secondary N) is 1. The highest BCUT2D eigenvalue weighted by Crippen LogP contribution is 2.35. The van der Waals surface area contributed by atoms with E-state index in [0.29, 0.717) is 22.5 Å². The van der Waals surface area contributed by atoms with E-state index in [1.807, 2.05) is 94.1 Å². The van der Waals surface area contributed by atoms with E-state index < -0.39 is 11.2 Å². The summed E-state index contributed by atoms with van der Waals surface area (Å²) in [4.78, 5) is 9.17. The second kappa shape index (κ2) is 9.51. The lowest BCUT2D eigenvalue weighted by Gasteiger charge is -2.29. The van der Waals surface area contributed by atoms with Crippen LogP contribution in [0.2, 0.25) is 0 Å². The van der Waals surface area contributed by atoms with Crippen LogP contribution in [0.4, 0.5) is 11.4 Å². The van der Waals surface area contributed by atoms with Gasteiger partial charge in [-0.25, -0.2) is 9.97 Å². The van der Waals surface area contributed by atoms with Crippen molar-refractivity contribution >= 4 is 33.4 Å². The Bertz CT molecular complexity index is 1820. The van der Waals surface area contributed by atoms with Crippen molar-refractivity contribution in [2.75, 3.05) is 17.6 Å². The van der Waals surface area contributed by atoms with E-state index in [1.54, 1.807) is 33.4 Å². The molecule has 6 aromatic rings. The molecule has 40 heavy (non-hydrogen) atoms. The van der Waals surface area contributed by atoms with Crippen molar-refractivity contribution in [2.45, 2.75) is 32.0 Å². The zero-order valence-electron chi connectivity index (χ0n) is 22.7. The van der Waals surface area contributed by atoms with Gasteiger partial charge in [0.1, 0.15) is 18.3 Å². The zero-order chi connectivity index (χ0) is 28.1. The third-order valence-electron chi connectivity index (χ3n) is 7.34. The third kappa shape index (κ3) is 4.57. The first-order valence-electron chi connectivity index (χ1n) is 13.2. The Morgan fingerprint density at radius 2 is 1.25 bits per heavy atom. The molecule has 2 aromatic heterocycles. The summed E-state index contributed by atoms with van der Waals surface area (Å²) in [5.41, 5.74) is 11.7. The quantitative estimate of drug-likeness (QED) is 0.202.